The van der Waals surface area contributed by atoms with Crippen molar-refractivity contribution in [2.75, 3.05) is 18.6 Å². The Kier molecular flexibility index (Phi) is 15.0. The molecule has 0 radical (unpaired) electrons. The Hall–Kier alpha value is -2.42. The van der Waals surface area contributed by atoms with Gasteiger partial charge in [0.2, 0.25) is 23.6 Å². The number of aliphatic hydroxyl groups is 1. The molecule has 0 aliphatic carbocycles. The van der Waals surface area contributed by atoms with Crippen LogP contribution in [0.1, 0.15) is 39.0 Å². The van der Waals surface area contributed by atoms with E-state index in [0.29, 0.717) is 31.6 Å². The minimum atomic E-state index is -1.64. The molecule has 5 unspecified atom stereocenters. The molecule has 0 aliphatic rings. The first-order valence-corrected chi connectivity index (χ1v) is 11.9. The van der Waals surface area contributed by atoms with Crippen molar-refractivity contribution in [2.24, 2.45) is 17.2 Å². The van der Waals surface area contributed by atoms with Crippen molar-refractivity contribution in [2.45, 2.75) is 69.3 Å². The summed E-state index contributed by atoms with van der Waals surface area (Å²) in [5.41, 5.74) is 16.3. The fourth-order valence-corrected chi connectivity index (χ4v) is 3.23. The molecule has 0 saturated carbocycles. The number of thioether (sulfide) groups is 1. The van der Waals surface area contributed by atoms with Crippen LogP contribution < -0.4 is 33.2 Å². The van der Waals surface area contributed by atoms with Gasteiger partial charge in [0.05, 0.1) is 18.6 Å². The molecule has 0 heterocycles. The third-order valence-electron chi connectivity index (χ3n) is 4.63. The van der Waals surface area contributed by atoms with Gasteiger partial charge in [-0.15, -0.1) is 0 Å². The van der Waals surface area contributed by atoms with Gasteiger partial charge in [-0.2, -0.15) is 11.8 Å². The van der Waals surface area contributed by atoms with Crippen molar-refractivity contribution >= 4 is 41.4 Å². The predicted octanol–water partition coefficient (Wildman–Crippen LogP) is -3.01. The highest BCUT2D eigenvalue weighted by Crippen LogP contribution is 2.06. The maximum atomic E-state index is 12.8. The molecule has 0 aliphatic heterocycles. The van der Waals surface area contributed by atoms with E-state index in [4.69, 9.17) is 22.3 Å². The van der Waals surface area contributed by atoms with Crippen LogP contribution in [0.4, 0.5) is 0 Å². The highest BCUT2D eigenvalue weighted by atomic mass is 32.2. The molecule has 0 bridgehead atoms. The molecule has 0 aromatic carbocycles. The number of amides is 4. The first-order chi connectivity index (χ1) is 15.4. The van der Waals surface area contributed by atoms with E-state index in [1.54, 1.807) is 0 Å². The topological polar surface area (TPSA) is 240 Å². The fraction of sp³-hybridized carbons (Fsp3) is 0.737. The maximum absolute atomic E-state index is 12.8. The number of aliphatic hydroxyl groups excluding tert-OH is 1. The molecule has 190 valence electrons. The second kappa shape index (κ2) is 16.2. The van der Waals surface area contributed by atoms with E-state index >= 15 is 0 Å². The molecule has 33 heavy (non-hydrogen) atoms. The number of primary amides is 1. The van der Waals surface area contributed by atoms with Crippen molar-refractivity contribution in [3.8, 4) is 0 Å². The molecular formula is C19H36N6O7S. The number of nitrogens with two attached hydrogens (primary N) is 3. The largest absolute Gasteiger partial charge is 0.480 e. The zero-order chi connectivity index (χ0) is 25.6. The van der Waals surface area contributed by atoms with Crippen molar-refractivity contribution in [1.82, 2.24) is 16.0 Å². The third-order valence-corrected chi connectivity index (χ3v) is 5.28. The van der Waals surface area contributed by atoms with Gasteiger partial charge in [0.15, 0.2) is 0 Å². The normalized spacial score (nSPS) is 15.4. The van der Waals surface area contributed by atoms with E-state index in [1.165, 1.54) is 18.7 Å². The third kappa shape index (κ3) is 12.4. The first kappa shape index (κ1) is 30.6. The number of aliphatic carboxylic acids is 1. The van der Waals surface area contributed by atoms with Gasteiger partial charge in [0.25, 0.3) is 0 Å². The summed E-state index contributed by atoms with van der Waals surface area (Å²) < 4.78 is 0. The van der Waals surface area contributed by atoms with E-state index in [1.807, 2.05) is 6.26 Å². The van der Waals surface area contributed by atoms with Crippen LogP contribution in [0.15, 0.2) is 0 Å². The number of carbonyl (C=O) groups excluding carboxylic acids is 4. The number of nitrogens with one attached hydrogen (secondary N) is 3. The van der Waals surface area contributed by atoms with Crippen molar-refractivity contribution in [3.63, 3.8) is 0 Å². The summed E-state index contributed by atoms with van der Waals surface area (Å²) in [4.78, 5) is 60.0. The molecular weight excluding hydrogens is 456 g/mol. The molecule has 13 nitrogen and oxygen atoms in total. The zero-order valence-electron chi connectivity index (χ0n) is 18.9. The van der Waals surface area contributed by atoms with Crippen LogP contribution in [0.25, 0.3) is 0 Å². The SMILES string of the molecule is CSCCC(N)C(=O)NC(CCCCN)C(=O)NC(C(=O)NC(CC(N)=O)C(=O)O)C(C)O. The van der Waals surface area contributed by atoms with Gasteiger partial charge < -0.3 is 43.4 Å². The number of carbonyl (C=O) groups is 5. The van der Waals surface area contributed by atoms with Gasteiger partial charge in [-0.05, 0) is 51.2 Å². The van der Waals surface area contributed by atoms with Gasteiger partial charge in [0.1, 0.15) is 18.1 Å². The van der Waals surface area contributed by atoms with Crippen molar-refractivity contribution in [3.05, 3.63) is 0 Å². The number of carboxylic acids is 1. The second-order valence-corrected chi connectivity index (χ2v) is 8.52. The van der Waals surface area contributed by atoms with E-state index < -0.39 is 66.3 Å². The van der Waals surface area contributed by atoms with Crippen LogP contribution in [0.3, 0.4) is 0 Å². The smallest absolute Gasteiger partial charge is 0.326 e. The molecule has 0 aromatic rings. The Labute approximate surface area is 196 Å². The van der Waals surface area contributed by atoms with Crippen LogP contribution in [0, 0.1) is 0 Å². The minimum Gasteiger partial charge on any atom is -0.480 e. The fourth-order valence-electron chi connectivity index (χ4n) is 2.74. The summed E-state index contributed by atoms with van der Waals surface area (Å²) in [6.45, 7) is 1.60. The number of carboxylic acid groups (broad SMARTS) is 1. The van der Waals surface area contributed by atoms with Crippen LogP contribution in [0.2, 0.25) is 0 Å². The van der Waals surface area contributed by atoms with Crippen molar-refractivity contribution < 1.29 is 34.2 Å². The summed E-state index contributed by atoms with van der Waals surface area (Å²) in [7, 11) is 0. The van der Waals surface area contributed by atoms with Crippen LogP contribution >= 0.6 is 11.8 Å². The van der Waals surface area contributed by atoms with Gasteiger partial charge in [-0.1, -0.05) is 0 Å². The summed E-state index contributed by atoms with van der Waals surface area (Å²) in [6.07, 6.45) is 1.48. The molecule has 0 rings (SSSR count). The lowest BCUT2D eigenvalue weighted by molar-refractivity contribution is -0.144. The maximum Gasteiger partial charge on any atom is 0.326 e. The quantitative estimate of drug-likeness (QED) is 0.0956. The highest BCUT2D eigenvalue weighted by molar-refractivity contribution is 7.98. The molecule has 0 aromatic heterocycles. The monoisotopic (exact) mass is 492 g/mol. The summed E-state index contributed by atoms with van der Waals surface area (Å²) in [5.74, 6) is -4.15. The first-order valence-electron chi connectivity index (χ1n) is 10.5. The average molecular weight is 493 g/mol. The Morgan fingerprint density at radius 3 is 2.03 bits per heavy atom. The summed E-state index contributed by atoms with van der Waals surface area (Å²) in [5, 5.41) is 26.1. The molecule has 0 spiro atoms. The number of hydrogen-bond donors (Lipinski definition) is 8. The lowest BCUT2D eigenvalue weighted by atomic mass is 10.1. The van der Waals surface area contributed by atoms with E-state index in [9.17, 15) is 29.1 Å². The highest BCUT2D eigenvalue weighted by Gasteiger charge is 2.33. The molecule has 0 fully saturated rings. The van der Waals surface area contributed by atoms with Gasteiger partial charge in [0, 0.05) is 0 Å². The van der Waals surface area contributed by atoms with Crippen LogP contribution in [0.5, 0.6) is 0 Å². The summed E-state index contributed by atoms with van der Waals surface area (Å²) >= 11 is 1.52. The van der Waals surface area contributed by atoms with E-state index in [2.05, 4.69) is 16.0 Å². The Balaban J connectivity index is 5.39. The molecule has 4 amide bonds. The Morgan fingerprint density at radius 2 is 1.55 bits per heavy atom. The minimum absolute atomic E-state index is 0.206. The number of unbranched alkanes of at least 4 members (excludes halogenated alkanes) is 1. The predicted molar refractivity (Wildman–Crippen MR) is 123 cm³/mol. The molecule has 5 atom stereocenters. The van der Waals surface area contributed by atoms with Crippen LogP contribution in [-0.4, -0.2) is 88.6 Å². The molecule has 14 heteroatoms. The Morgan fingerprint density at radius 1 is 0.939 bits per heavy atom. The van der Waals surface area contributed by atoms with E-state index in [-0.39, 0.29) is 6.42 Å². The van der Waals surface area contributed by atoms with Gasteiger partial charge in [-0.25, -0.2) is 4.79 Å². The molecule has 11 N–H and O–H groups in total. The average Bonchev–Trinajstić information content (AvgIpc) is 2.73. The number of rotatable bonds is 17. The van der Waals surface area contributed by atoms with E-state index in [0.717, 1.165) is 0 Å². The van der Waals surface area contributed by atoms with Gasteiger partial charge in [-0.3, -0.25) is 19.2 Å². The van der Waals surface area contributed by atoms with Gasteiger partial charge >= 0.3 is 5.97 Å². The zero-order valence-corrected chi connectivity index (χ0v) is 19.7. The van der Waals surface area contributed by atoms with Crippen molar-refractivity contribution in [1.29, 1.82) is 0 Å². The lowest BCUT2D eigenvalue weighted by Crippen LogP contribution is -2.60. The molecule has 0 saturated heterocycles. The number of hydrogen-bond acceptors (Lipinski definition) is 9. The summed E-state index contributed by atoms with van der Waals surface area (Å²) in [6, 6.07) is -5.07. The van der Waals surface area contributed by atoms with Crippen LogP contribution in [-0.2, 0) is 24.0 Å². The standard InChI is InChI=1S/C19H36N6O7S/c1-10(26)15(18(30)24-13(19(31)32)9-14(22)27)25-17(29)12(5-3-4-7-20)23-16(28)11(21)6-8-33-2/h10-13,15,26H,3-9,20-21H2,1-2H3,(H2,22,27)(H,23,28)(H,24,30)(H,25,29)(H,31,32). The second-order valence-electron chi connectivity index (χ2n) is 7.53. The lowest BCUT2D eigenvalue weighted by Gasteiger charge is -2.26. The Bertz CT molecular complexity index is 679.